The molecule has 1 unspecified atom stereocenters. The van der Waals surface area contributed by atoms with Crippen LogP contribution in [0.15, 0.2) is 53.7 Å². The molecule has 13 heteroatoms. The summed E-state index contributed by atoms with van der Waals surface area (Å²) in [6, 6.07) is 7.07. The molecule has 4 aromatic rings. The van der Waals surface area contributed by atoms with Crippen LogP contribution in [0.2, 0.25) is 5.15 Å². The maximum atomic E-state index is 14.1. The predicted molar refractivity (Wildman–Crippen MR) is 151 cm³/mol. The van der Waals surface area contributed by atoms with Gasteiger partial charge in [-0.05, 0) is 49.2 Å². The zero-order valence-corrected chi connectivity index (χ0v) is 23.3. The average Bonchev–Trinajstić information content (AvgIpc) is 3.54. The van der Waals surface area contributed by atoms with Crippen molar-refractivity contribution in [2.75, 3.05) is 25.0 Å². The van der Waals surface area contributed by atoms with E-state index in [2.05, 4.69) is 25.6 Å². The van der Waals surface area contributed by atoms with Gasteiger partial charge in [-0.3, -0.25) is 19.1 Å². The molecule has 1 aliphatic heterocycles. The number of rotatable bonds is 9. The van der Waals surface area contributed by atoms with Crippen molar-refractivity contribution in [3.8, 4) is 0 Å². The largest absolute Gasteiger partial charge is 0.389 e. The molecule has 0 saturated carbocycles. The number of aromatic amines is 1. The average molecular weight is 586 g/mol. The van der Waals surface area contributed by atoms with Crippen molar-refractivity contribution in [3.05, 3.63) is 87.2 Å². The zero-order chi connectivity index (χ0) is 29.3. The number of amides is 1. The van der Waals surface area contributed by atoms with Crippen LogP contribution >= 0.6 is 11.6 Å². The Labute approximate surface area is 239 Å². The Morgan fingerprint density at radius 3 is 2.73 bits per heavy atom. The van der Waals surface area contributed by atoms with E-state index in [1.54, 1.807) is 26.2 Å². The van der Waals surface area contributed by atoms with E-state index in [1.165, 1.54) is 12.3 Å². The molecule has 41 heavy (non-hydrogen) atoms. The number of β-amino-alcohol motifs (C(OH)–C–C–N with tert-alkyl or cyclic N) is 1. The lowest BCUT2D eigenvalue weighted by molar-refractivity contribution is -0.121. The Morgan fingerprint density at radius 1 is 1.17 bits per heavy atom. The van der Waals surface area contributed by atoms with E-state index in [-0.39, 0.29) is 30.0 Å². The normalized spacial score (nSPS) is 17.7. The van der Waals surface area contributed by atoms with Crippen molar-refractivity contribution >= 4 is 34.4 Å². The van der Waals surface area contributed by atoms with Gasteiger partial charge in [0.15, 0.2) is 17.5 Å². The lowest BCUT2D eigenvalue weighted by Crippen LogP contribution is -2.39. The third-order valence-corrected chi connectivity index (χ3v) is 7.26. The van der Waals surface area contributed by atoms with Crippen LogP contribution in [0.5, 0.6) is 0 Å². The number of likely N-dealkylation sites (tertiary alicyclic amines) is 1. The molecule has 4 heterocycles. The van der Waals surface area contributed by atoms with Crippen LogP contribution in [0.1, 0.15) is 30.9 Å². The monoisotopic (exact) mass is 585 g/mol. The number of pyridine rings is 1. The molecule has 1 saturated heterocycles. The highest BCUT2D eigenvalue weighted by atomic mass is 35.5. The summed E-state index contributed by atoms with van der Waals surface area (Å²) in [4.78, 5) is 39.5. The fourth-order valence-corrected chi connectivity index (χ4v) is 5.35. The van der Waals surface area contributed by atoms with E-state index in [4.69, 9.17) is 11.6 Å². The fourth-order valence-electron chi connectivity index (χ4n) is 5.16. The number of nitrogens with one attached hydrogen (secondary N) is 3. The quantitative estimate of drug-likeness (QED) is 0.238. The molecule has 5 rings (SSSR count). The smallest absolute Gasteiger partial charge is 0.294 e. The van der Waals surface area contributed by atoms with Crippen molar-refractivity contribution in [1.29, 1.82) is 0 Å². The molecular formula is C28H30ClF2N7O3. The molecular weight excluding hydrogens is 556 g/mol. The first-order valence-corrected chi connectivity index (χ1v) is 13.4. The Morgan fingerprint density at radius 2 is 1.98 bits per heavy atom. The van der Waals surface area contributed by atoms with Gasteiger partial charge in [-0.1, -0.05) is 17.7 Å². The highest BCUT2D eigenvalue weighted by Crippen LogP contribution is 2.31. The van der Waals surface area contributed by atoms with Crippen LogP contribution in [-0.2, 0) is 17.9 Å². The highest BCUT2D eigenvalue weighted by molar-refractivity contribution is 6.29. The number of H-pyrrole nitrogens is 1. The van der Waals surface area contributed by atoms with E-state index < -0.39 is 34.7 Å². The van der Waals surface area contributed by atoms with E-state index in [1.807, 2.05) is 17.0 Å². The second-order valence-electron chi connectivity index (χ2n) is 10.9. The van der Waals surface area contributed by atoms with Crippen LogP contribution in [-0.4, -0.2) is 66.7 Å². The number of hydrogen-bond donors (Lipinski definition) is 4. The van der Waals surface area contributed by atoms with Gasteiger partial charge in [0.05, 0.1) is 11.8 Å². The number of benzene rings is 1. The number of carbonyl (C=O) groups is 1. The first-order chi connectivity index (χ1) is 19.5. The Bertz CT molecular complexity index is 1640. The molecule has 0 aliphatic carbocycles. The van der Waals surface area contributed by atoms with Crippen LogP contribution in [0.25, 0.3) is 11.0 Å². The summed E-state index contributed by atoms with van der Waals surface area (Å²) in [5.41, 5.74) is 0.484. The van der Waals surface area contributed by atoms with Gasteiger partial charge in [0.25, 0.3) is 5.56 Å². The van der Waals surface area contributed by atoms with Gasteiger partial charge in [0.2, 0.25) is 5.91 Å². The van der Waals surface area contributed by atoms with Crippen molar-refractivity contribution in [3.63, 3.8) is 0 Å². The summed E-state index contributed by atoms with van der Waals surface area (Å²) in [7, 11) is 0. The predicted octanol–water partition coefficient (Wildman–Crippen LogP) is 3.02. The number of carbonyl (C=O) groups excluding carboxylic acids is 1. The number of nitrogens with zero attached hydrogens (tertiary/aromatic N) is 4. The van der Waals surface area contributed by atoms with Gasteiger partial charge in [-0.2, -0.15) is 0 Å². The van der Waals surface area contributed by atoms with E-state index in [9.17, 15) is 23.5 Å². The van der Waals surface area contributed by atoms with Gasteiger partial charge >= 0.3 is 0 Å². The van der Waals surface area contributed by atoms with E-state index in [0.717, 1.165) is 33.3 Å². The minimum Gasteiger partial charge on any atom is -0.389 e. The minimum atomic E-state index is -0.991. The number of aromatic nitrogens is 4. The van der Waals surface area contributed by atoms with Crippen molar-refractivity contribution < 1.29 is 18.7 Å². The fraction of sp³-hybridized carbons (Fsp3) is 0.357. The van der Waals surface area contributed by atoms with Crippen molar-refractivity contribution in [1.82, 2.24) is 29.7 Å². The topological polar surface area (TPSA) is 128 Å². The van der Waals surface area contributed by atoms with Gasteiger partial charge < -0.3 is 20.7 Å². The van der Waals surface area contributed by atoms with E-state index >= 15 is 0 Å². The molecule has 3 aromatic heterocycles. The Hall–Kier alpha value is -3.87. The zero-order valence-electron chi connectivity index (χ0n) is 22.5. The summed E-state index contributed by atoms with van der Waals surface area (Å²) < 4.78 is 28.8. The van der Waals surface area contributed by atoms with E-state index in [0.29, 0.717) is 25.2 Å². The molecule has 1 amide bonds. The first kappa shape index (κ1) is 28.7. The summed E-state index contributed by atoms with van der Waals surface area (Å²) in [6.07, 6.45) is 4.71. The molecule has 0 bridgehead atoms. The maximum absolute atomic E-state index is 14.1. The molecule has 10 nitrogen and oxygen atoms in total. The second-order valence-corrected chi connectivity index (χ2v) is 11.3. The Balaban J connectivity index is 1.32. The number of fused-ring (bicyclic) bond motifs is 1. The minimum absolute atomic E-state index is 0.0154. The van der Waals surface area contributed by atoms with Gasteiger partial charge in [-0.25, -0.2) is 18.7 Å². The molecule has 4 N–H and O–H groups in total. The SMILES string of the molecule is CC(C)(O)CN1CC(Nc2ncc(Cl)n(CC(=O)NCc3cnc4[nH]ccc4c3)c2=O)[C@H](c2ccc(F)c(F)c2)C1. The first-order valence-electron chi connectivity index (χ1n) is 13.1. The lowest BCUT2D eigenvalue weighted by atomic mass is 9.94. The molecule has 1 aliphatic rings. The van der Waals surface area contributed by atoms with Crippen LogP contribution in [0.3, 0.4) is 0 Å². The summed E-state index contributed by atoms with van der Waals surface area (Å²) in [6.45, 7) is 4.40. The number of anilines is 1. The van der Waals surface area contributed by atoms with Crippen LogP contribution in [0, 0.1) is 11.6 Å². The van der Waals surface area contributed by atoms with Gasteiger partial charge in [0, 0.05) is 55.9 Å². The third-order valence-electron chi connectivity index (χ3n) is 6.95. The number of aliphatic hydroxyl groups is 1. The van der Waals surface area contributed by atoms with Crippen molar-refractivity contribution in [2.45, 2.75) is 44.5 Å². The third kappa shape index (κ3) is 6.72. The lowest BCUT2D eigenvalue weighted by Gasteiger charge is -2.25. The molecule has 216 valence electrons. The standard InChI is InChI=1S/C28H30ClF2N7O3/c1-28(2,41)15-37-12-19(17-3-4-20(30)21(31)8-17)22(13-37)36-26-27(40)38(23(29)11-35-26)14-24(39)33-9-16-7-18-5-6-32-25(18)34-10-16/h3-8,10-11,19,22,41H,9,12-15H2,1-2H3,(H,32,34)(H,33,39)(H,35,36)/t19-,22?/m0/s1. The maximum Gasteiger partial charge on any atom is 0.294 e. The molecule has 1 fully saturated rings. The van der Waals surface area contributed by atoms with Crippen molar-refractivity contribution in [2.24, 2.45) is 0 Å². The molecule has 0 radical (unpaired) electrons. The van der Waals surface area contributed by atoms with Gasteiger partial charge in [-0.15, -0.1) is 0 Å². The second kappa shape index (κ2) is 11.6. The number of halogens is 3. The van der Waals surface area contributed by atoms with Crippen LogP contribution < -0.4 is 16.2 Å². The Kier molecular flexibility index (Phi) is 8.07. The van der Waals surface area contributed by atoms with Gasteiger partial charge in [0.1, 0.15) is 17.3 Å². The summed E-state index contributed by atoms with van der Waals surface area (Å²) in [5.74, 6) is -2.73. The molecule has 2 atom stereocenters. The summed E-state index contributed by atoms with van der Waals surface area (Å²) >= 11 is 6.25. The van der Waals surface area contributed by atoms with Crippen LogP contribution in [0.4, 0.5) is 14.6 Å². The number of hydrogen-bond acceptors (Lipinski definition) is 7. The summed E-state index contributed by atoms with van der Waals surface area (Å²) in [5, 5.41) is 17.1. The molecule has 1 aromatic carbocycles. The highest BCUT2D eigenvalue weighted by Gasteiger charge is 2.37. The molecule has 0 spiro atoms.